The predicted octanol–water partition coefficient (Wildman–Crippen LogP) is 3.12. The van der Waals surface area contributed by atoms with Crippen molar-refractivity contribution in [1.82, 2.24) is 4.72 Å². The summed E-state index contributed by atoms with van der Waals surface area (Å²) in [6, 6.07) is 11.0. The lowest BCUT2D eigenvalue weighted by atomic mass is 10.2. The maximum absolute atomic E-state index is 12.6. The number of benzene rings is 2. The minimum Gasteiger partial charge on any atom is -0.375 e. The summed E-state index contributed by atoms with van der Waals surface area (Å²) < 4.78 is 26.8. The molecule has 0 bridgehead atoms. The number of para-hydroxylation sites is 1. The first-order valence-corrected chi connectivity index (χ1v) is 9.60. The number of hydrogen-bond donors (Lipinski definition) is 2. The molecule has 0 radical (unpaired) electrons. The number of carbonyl (C=O) groups is 1. The van der Waals surface area contributed by atoms with Gasteiger partial charge in [-0.05, 0) is 30.3 Å². The van der Waals surface area contributed by atoms with E-state index in [0.29, 0.717) is 16.4 Å². The summed E-state index contributed by atoms with van der Waals surface area (Å²) in [7, 11) is -0.0806. The van der Waals surface area contributed by atoms with E-state index in [9.17, 15) is 13.2 Å². The number of rotatable bonds is 7. The molecule has 8 heteroatoms. The molecule has 2 aromatic rings. The molecule has 0 saturated carbocycles. The van der Waals surface area contributed by atoms with Gasteiger partial charge in [-0.3, -0.25) is 4.79 Å². The van der Waals surface area contributed by atoms with Crippen molar-refractivity contribution in [3.05, 3.63) is 65.7 Å². The van der Waals surface area contributed by atoms with Crippen LogP contribution < -0.4 is 14.9 Å². The van der Waals surface area contributed by atoms with Crippen molar-refractivity contribution in [3.63, 3.8) is 0 Å². The van der Waals surface area contributed by atoms with Gasteiger partial charge in [-0.1, -0.05) is 29.8 Å². The highest BCUT2D eigenvalue weighted by atomic mass is 35.5. The van der Waals surface area contributed by atoms with Crippen molar-refractivity contribution in [2.24, 2.45) is 0 Å². The number of amides is 1. The Balaban J connectivity index is 2.31. The lowest BCUT2D eigenvalue weighted by molar-refractivity contribution is 0.102. The number of nitrogens with zero attached hydrogens (tertiary/aromatic N) is 1. The van der Waals surface area contributed by atoms with E-state index in [-0.39, 0.29) is 17.0 Å². The quantitative estimate of drug-likeness (QED) is 0.708. The first-order valence-electron chi connectivity index (χ1n) is 7.74. The van der Waals surface area contributed by atoms with E-state index in [0.717, 1.165) is 0 Å². The van der Waals surface area contributed by atoms with E-state index >= 15 is 0 Å². The van der Waals surface area contributed by atoms with Gasteiger partial charge < -0.3 is 10.2 Å². The molecular formula is C18H20ClN3O3S. The molecule has 0 aliphatic rings. The number of hydrogen-bond acceptors (Lipinski definition) is 4. The van der Waals surface area contributed by atoms with Gasteiger partial charge in [0.15, 0.2) is 0 Å². The zero-order valence-electron chi connectivity index (χ0n) is 14.5. The Morgan fingerprint density at radius 1 is 1.23 bits per heavy atom. The van der Waals surface area contributed by atoms with E-state index in [1.807, 2.05) is 14.1 Å². The zero-order chi connectivity index (χ0) is 19.3. The Labute approximate surface area is 158 Å². The molecule has 0 heterocycles. The van der Waals surface area contributed by atoms with Gasteiger partial charge in [0.1, 0.15) is 0 Å². The third kappa shape index (κ3) is 4.63. The highest BCUT2D eigenvalue weighted by Crippen LogP contribution is 2.32. The average Bonchev–Trinajstić information content (AvgIpc) is 2.60. The molecule has 0 aliphatic carbocycles. The molecular weight excluding hydrogens is 374 g/mol. The van der Waals surface area contributed by atoms with Crippen LogP contribution in [0.25, 0.3) is 0 Å². The van der Waals surface area contributed by atoms with Crippen molar-refractivity contribution in [3.8, 4) is 0 Å². The molecule has 138 valence electrons. The van der Waals surface area contributed by atoms with Crippen LogP contribution >= 0.6 is 11.6 Å². The van der Waals surface area contributed by atoms with Crippen LogP contribution in [-0.4, -0.2) is 35.0 Å². The maximum Gasteiger partial charge on any atom is 0.255 e. The van der Waals surface area contributed by atoms with Gasteiger partial charge in [-0.2, -0.15) is 0 Å². The predicted molar refractivity (Wildman–Crippen MR) is 106 cm³/mol. The molecule has 0 atom stereocenters. The Kier molecular flexibility index (Phi) is 6.42. The minimum absolute atomic E-state index is 0.00549. The van der Waals surface area contributed by atoms with Crippen LogP contribution in [0.15, 0.2) is 60.0 Å². The van der Waals surface area contributed by atoms with Crippen molar-refractivity contribution in [2.75, 3.05) is 30.9 Å². The summed E-state index contributed by atoms with van der Waals surface area (Å²) in [6.07, 6.45) is 1.44. The van der Waals surface area contributed by atoms with Gasteiger partial charge in [0, 0.05) is 26.2 Å². The maximum atomic E-state index is 12.6. The molecule has 6 nitrogen and oxygen atoms in total. The Morgan fingerprint density at radius 2 is 1.92 bits per heavy atom. The standard InChI is InChI=1S/C18H20ClN3O3S/c1-4-11-20-26(24,25)14-8-5-7-13(12-14)18(23)21-16-10-6-9-15(19)17(16)22(2)3/h4-10,12,20H,1,11H2,2-3H3,(H,21,23). The summed E-state index contributed by atoms with van der Waals surface area (Å²) in [5.74, 6) is -0.434. The molecule has 2 rings (SSSR count). The molecule has 0 aromatic heterocycles. The number of nitrogens with one attached hydrogen (secondary N) is 2. The van der Waals surface area contributed by atoms with Crippen molar-refractivity contribution < 1.29 is 13.2 Å². The zero-order valence-corrected chi connectivity index (χ0v) is 16.1. The second-order valence-electron chi connectivity index (χ2n) is 5.65. The normalized spacial score (nSPS) is 11.0. The number of carbonyl (C=O) groups excluding carboxylic acids is 1. The van der Waals surface area contributed by atoms with Crippen LogP contribution in [0.5, 0.6) is 0 Å². The third-order valence-electron chi connectivity index (χ3n) is 3.51. The summed E-state index contributed by atoms with van der Waals surface area (Å²) in [6.45, 7) is 3.58. The third-order valence-corrected chi connectivity index (χ3v) is 5.23. The van der Waals surface area contributed by atoms with Gasteiger partial charge in [-0.15, -0.1) is 6.58 Å². The molecule has 1 amide bonds. The molecule has 2 aromatic carbocycles. The van der Waals surface area contributed by atoms with Gasteiger partial charge >= 0.3 is 0 Å². The van der Waals surface area contributed by atoms with Crippen LogP contribution in [0.3, 0.4) is 0 Å². The molecule has 0 spiro atoms. The second-order valence-corrected chi connectivity index (χ2v) is 7.83. The van der Waals surface area contributed by atoms with Crippen LogP contribution in [0.4, 0.5) is 11.4 Å². The van der Waals surface area contributed by atoms with Crippen molar-refractivity contribution in [2.45, 2.75) is 4.90 Å². The van der Waals surface area contributed by atoms with Crippen LogP contribution in [-0.2, 0) is 10.0 Å². The fourth-order valence-corrected chi connectivity index (χ4v) is 3.71. The molecule has 0 unspecified atom stereocenters. The first-order chi connectivity index (χ1) is 12.3. The summed E-state index contributed by atoms with van der Waals surface area (Å²) in [5, 5.41) is 3.27. The van der Waals surface area contributed by atoms with E-state index in [1.54, 1.807) is 29.2 Å². The van der Waals surface area contributed by atoms with Gasteiger partial charge in [0.25, 0.3) is 5.91 Å². The molecule has 0 fully saturated rings. The summed E-state index contributed by atoms with van der Waals surface area (Å²) >= 11 is 6.20. The van der Waals surface area contributed by atoms with Crippen molar-refractivity contribution in [1.29, 1.82) is 0 Å². The monoisotopic (exact) mass is 393 g/mol. The van der Waals surface area contributed by atoms with Gasteiger partial charge in [0.05, 0.1) is 21.3 Å². The fourth-order valence-electron chi connectivity index (χ4n) is 2.32. The van der Waals surface area contributed by atoms with E-state index in [2.05, 4.69) is 16.6 Å². The minimum atomic E-state index is -3.71. The SMILES string of the molecule is C=CCNS(=O)(=O)c1cccc(C(=O)Nc2cccc(Cl)c2N(C)C)c1. The largest absolute Gasteiger partial charge is 0.375 e. The Bertz CT molecular complexity index is 927. The van der Waals surface area contributed by atoms with Crippen LogP contribution in [0, 0.1) is 0 Å². The van der Waals surface area contributed by atoms with Gasteiger partial charge in [-0.25, -0.2) is 13.1 Å². The Morgan fingerprint density at radius 3 is 2.58 bits per heavy atom. The number of halogens is 1. The average molecular weight is 394 g/mol. The van der Waals surface area contributed by atoms with Gasteiger partial charge in [0.2, 0.25) is 10.0 Å². The number of sulfonamides is 1. The van der Waals surface area contributed by atoms with Crippen LogP contribution in [0.1, 0.15) is 10.4 Å². The molecule has 0 aliphatic heterocycles. The molecule has 26 heavy (non-hydrogen) atoms. The topological polar surface area (TPSA) is 78.5 Å². The van der Waals surface area contributed by atoms with E-state index in [1.165, 1.54) is 24.3 Å². The number of anilines is 2. The highest BCUT2D eigenvalue weighted by molar-refractivity contribution is 7.89. The lowest BCUT2D eigenvalue weighted by Gasteiger charge is -2.19. The second kappa shape index (κ2) is 8.35. The molecule has 2 N–H and O–H groups in total. The summed E-state index contributed by atoms with van der Waals surface area (Å²) in [5.41, 5.74) is 1.42. The summed E-state index contributed by atoms with van der Waals surface area (Å²) in [4.78, 5) is 14.4. The van der Waals surface area contributed by atoms with E-state index in [4.69, 9.17) is 11.6 Å². The highest BCUT2D eigenvalue weighted by Gasteiger charge is 2.17. The first kappa shape index (κ1) is 20.0. The molecule has 0 saturated heterocycles. The Hall–Kier alpha value is -2.35. The lowest BCUT2D eigenvalue weighted by Crippen LogP contribution is -2.24. The van der Waals surface area contributed by atoms with Crippen molar-refractivity contribution >= 4 is 38.9 Å². The van der Waals surface area contributed by atoms with Crippen LogP contribution in [0.2, 0.25) is 5.02 Å². The van der Waals surface area contributed by atoms with E-state index < -0.39 is 15.9 Å². The smallest absolute Gasteiger partial charge is 0.255 e. The fraction of sp³-hybridized carbons (Fsp3) is 0.167.